The summed E-state index contributed by atoms with van der Waals surface area (Å²) in [7, 11) is 0. The van der Waals surface area contributed by atoms with Crippen molar-refractivity contribution in [3.8, 4) is 12.1 Å². The van der Waals surface area contributed by atoms with Crippen LogP contribution in [-0.4, -0.2) is 17.4 Å². The first-order valence-electron chi connectivity index (χ1n) is 10.3. The van der Waals surface area contributed by atoms with Gasteiger partial charge in [0.15, 0.2) is 5.78 Å². The number of nitrogens with zero attached hydrogens (tertiary/aromatic N) is 3. The summed E-state index contributed by atoms with van der Waals surface area (Å²) < 4.78 is 0.780. The number of hydrogen-bond acceptors (Lipinski definition) is 4. The summed E-state index contributed by atoms with van der Waals surface area (Å²) >= 11 is 3.61. The lowest BCUT2D eigenvalue weighted by Gasteiger charge is -2.37. The first kappa shape index (κ1) is 20.2. The van der Waals surface area contributed by atoms with Crippen molar-refractivity contribution in [1.82, 2.24) is 0 Å². The van der Waals surface area contributed by atoms with E-state index < -0.39 is 23.4 Å². The number of ketones is 1. The lowest BCUT2D eigenvalue weighted by atomic mass is 9.72. The molecule has 0 unspecified atom stereocenters. The van der Waals surface area contributed by atoms with Gasteiger partial charge in [0.25, 0.3) is 0 Å². The zero-order valence-corrected chi connectivity index (χ0v) is 18.6. The summed E-state index contributed by atoms with van der Waals surface area (Å²) in [4.78, 5) is 15.8. The van der Waals surface area contributed by atoms with Gasteiger partial charge in [0.05, 0.1) is 12.0 Å². The minimum absolute atomic E-state index is 0.0715. The van der Waals surface area contributed by atoms with Crippen LogP contribution in [0.1, 0.15) is 27.4 Å². The summed E-state index contributed by atoms with van der Waals surface area (Å²) in [5.41, 5.74) is 1.53. The number of carbonyl (C=O) groups excluding carboxylic acids is 1. The fourth-order valence-electron chi connectivity index (χ4n) is 5.13. The Morgan fingerprint density at radius 2 is 1.56 bits per heavy atom. The van der Waals surface area contributed by atoms with Crippen molar-refractivity contribution >= 4 is 33.5 Å². The molecule has 1 fully saturated rings. The molecule has 5 rings (SSSR count). The van der Waals surface area contributed by atoms with E-state index in [0.717, 1.165) is 21.3 Å². The van der Waals surface area contributed by atoms with Crippen molar-refractivity contribution in [2.24, 2.45) is 5.92 Å². The van der Waals surface area contributed by atoms with Gasteiger partial charge in [-0.15, -0.1) is 0 Å². The van der Waals surface area contributed by atoms with Crippen LogP contribution in [0.2, 0.25) is 0 Å². The molecule has 0 aliphatic carbocycles. The summed E-state index contributed by atoms with van der Waals surface area (Å²) in [5.74, 6) is -1.33. The highest BCUT2D eigenvalue weighted by Gasteiger charge is 2.63. The van der Waals surface area contributed by atoms with E-state index in [1.54, 1.807) is 12.1 Å². The molecule has 0 radical (unpaired) electrons. The normalized spacial score (nSPS) is 22.3. The van der Waals surface area contributed by atoms with Gasteiger partial charge in [0.2, 0.25) is 5.54 Å². The molecular formula is C27H18BrN3O. The van der Waals surface area contributed by atoms with Gasteiger partial charge < -0.3 is 4.90 Å². The molecule has 3 atom stereocenters. The van der Waals surface area contributed by atoms with Gasteiger partial charge in [0.1, 0.15) is 12.1 Å². The van der Waals surface area contributed by atoms with Crippen LogP contribution in [0.5, 0.6) is 0 Å². The molecule has 0 bridgehead atoms. The number of hydrogen-bond donors (Lipinski definition) is 0. The molecule has 1 saturated heterocycles. The van der Waals surface area contributed by atoms with Gasteiger partial charge in [-0.2, -0.15) is 10.5 Å². The summed E-state index contributed by atoms with van der Waals surface area (Å²) in [6, 6.07) is 28.6. The maximum Gasteiger partial charge on any atom is 0.223 e. The molecule has 0 N–H and O–H groups in total. The van der Waals surface area contributed by atoms with Crippen molar-refractivity contribution in [3.05, 3.63) is 106 Å². The molecule has 0 spiro atoms. The van der Waals surface area contributed by atoms with Gasteiger partial charge in [-0.1, -0.05) is 94.8 Å². The van der Waals surface area contributed by atoms with E-state index in [-0.39, 0.29) is 5.78 Å². The van der Waals surface area contributed by atoms with E-state index in [0.29, 0.717) is 5.56 Å². The second kappa shape index (κ2) is 7.79. The largest absolute Gasteiger partial charge is 0.333 e. The summed E-state index contributed by atoms with van der Waals surface area (Å²) in [5, 5.41) is 21.0. The number of fused-ring (bicyclic) bond motifs is 3. The van der Waals surface area contributed by atoms with E-state index in [1.807, 2.05) is 83.8 Å². The second-order valence-corrected chi connectivity index (χ2v) is 8.88. The molecule has 3 aromatic carbocycles. The van der Waals surface area contributed by atoms with Crippen LogP contribution in [0, 0.1) is 28.6 Å². The van der Waals surface area contributed by atoms with E-state index in [1.165, 1.54) is 0 Å². The van der Waals surface area contributed by atoms with Gasteiger partial charge in [-0.25, -0.2) is 0 Å². The van der Waals surface area contributed by atoms with Crippen LogP contribution in [0.3, 0.4) is 0 Å². The smallest absolute Gasteiger partial charge is 0.223 e. The quantitative estimate of drug-likeness (QED) is 0.449. The third-order valence-corrected chi connectivity index (χ3v) is 7.19. The van der Waals surface area contributed by atoms with Crippen LogP contribution in [0.25, 0.3) is 6.08 Å². The van der Waals surface area contributed by atoms with E-state index >= 15 is 0 Å². The Labute approximate surface area is 195 Å². The van der Waals surface area contributed by atoms with Crippen LogP contribution in [0.15, 0.2) is 89.4 Å². The summed E-state index contributed by atoms with van der Waals surface area (Å²) in [6.07, 6.45) is 3.96. The lowest BCUT2D eigenvalue weighted by Crippen LogP contribution is -2.48. The van der Waals surface area contributed by atoms with Crippen LogP contribution in [-0.2, 0) is 0 Å². The molecule has 5 heteroatoms. The Morgan fingerprint density at radius 3 is 2.28 bits per heavy atom. The Kier molecular flexibility index (Phi) is 4.93. The number of rotatable bonds is 3. The van der Waals surface area contributed by atoms with E-state index in [9.17, 15) is 15.3 Å². The van der Waals surface area contributed by atoms with Crippen molar-refractivity contribution < 1.29 is 4.79 Å². The SMILES string of the molecule is N#CC1(C#N)[C@H](c2ccccc2Br)[C@@H](C(=O)c2ccccc2)[C@H]2C=Cc3ccccc3N21. The number of Topliss-reactive ketones (excluding diaryl/α,β-unsaturated/α-hetero) is 1. The van der Waals surface area contributed by atoms with Gasteiger partial charge >= 0.3 is 0 Å². The predicted octanol–water partition coefficient (Wildman–Crippen LogP) is 5.73. The maximum absolute atomic E-state index is 13.9. The number of para-hydroxylation sites is 1. The fourth-order valence-corrected chi connectivity index (χ4v) is 5.66. The molecule has 2 aliphatic heterocycles. The van der Waals surface area contributed by atoms with E-state index in [2.05, 4.69) is 28.1 Å². The monoisotopic (exact) mass is 479 g/mol. The zero-order chi connectivity index (χ0) is 22.3. The van der Waals surface area contributed by atoms with Crippen LogP contribution in [0.4, 0.5) is 5.69 Å². The second-order valence-electron chi connectivity index (χ2n) is 8.02. The number of anilines is 1. The van der Waals surface area contributed by atoms with Crippen molar-refractivity contribution in [2.45, 2.75) is 17.5 Å². The maximum atomic E-state index is 13.9. The van der Waals surface area contributed by atoms with Crippen molar-refractivity contribution in [3.63, 3.8) is 0 Å². The first-order chi connectivity index (χ1) is 15.6. The van der Waals surface area contributed by atoms with Gasteiger partial charge in [0, 0.05) is 21.6 Å². The highest BCUT2D eigenvalue weighted by molar-refractivity contribution is 9.10. The zero-order valence-electron chi connectivity index (χ0n) is 17.0. The third kappa shape index (κ3) is 2.83. The number of halogens is 1. The minimum Gasteiger partial charge on any atom is -0.333 e. The number of benzene rings is 3. The average molecular weight is 480 g/mol. The predicted molar refractivity (Wildman–Crippen MR) is 127 cm³/mol. The third-order valence-electron chi connectivity index (χ3n) is 6.47. The van der Waals surface area contributed by atoms with Crippen molar-refractivity contribution in [2.75, 3.05) is 4.90 Å². The highest BCUT2D eigenvalue weighted by atomic mass is 79.9. The molecule has 2 heterocycles. The number of carbonyl (C=O) groups is 1. The molecule has 32 heavy (non-hydrogen) atoms. The van der Waals surface area contributed by atoms with Gasteiger partial charge in [-0.05, 0) is 23.3 Å². The van der Waals surface area contributed by atoms with Gasteiger partial charge in [-0.3, -0.25) is 4.79 Å². The van der Waals surface area contributed by atoms with Crippen LogP contribution < -0.4 is 4.90 Å². The molecule has 3 aromatic rings. The molecule has 4 nitrogen and oxygen atoms in total. The molecule has 0 aromatic heterocycles. The standard InChI is InChI=1S/C27H18BrN3O/c28-21-12-6-5-11-20(21)25-24(26(32)19-9-2-1-3-10-19)23-15-14-18-8-4-7-13-22(18)31(23)27(25,16-29)17-30/h1-15,23-25H/t23-,24+,25-/m1/s1. The minimum atomic E-state index is -1.55. The Balaban J connectivity index is 1.80. The molecule has 154 valence electrons. The first-order valence-corrected chi connectivity index (χ1v) is 11.1. The topological polar surface area (TPSA) is 67.9 Å². The molecule has 0 saturated carbocycles. The molecule has 2 aliphatic rings. The van der Waals surface area contributed by atoms with Crippen LogP contribution >= 0.6 is 15.9 Å². The lowest BCUT2D eigenvalue weighted by molar-refractivity contribution is 0.0906. The fraction of sp³-hybridized carbons (Fsp3) is 0.148. The average Bonchev–Trinajstić information content (AvgIpc) is 3.15. The Bertz CT molecular complexity index is 1300. The Hall–Kier alpha value is -3.67. The van der Waals surface area contributed by atoms with E-state index in [4.69, 9.17) is 0 Å². The molecule has 0 amide bonds. The summed E-state index contributed by atoms with van der Waals surface area (Å²) in [6.45, 7) is 0. The Morgan fingerprint density at radius 1 is 0.906 bits per heavy atom. The highest BCUT2D eigenvalue weighted by Crippen LogP contribution is 2.55. The number of nitriles is 2. The van der Waals surface area contributed by atoms with Crippen molar-refractivity contribution in [1.29, 1.82) is 10.5 Å². The molecular weight excluding hydrogens is 462 g/mol.